The molecular weight excluding hydrogens is 437 g/mol. The molecule has 9 heteroatoms. The molecule has 0 saturated heterocycles. The van der Waals surface area contributed by atoms with Crippen LogP contribution in [-0.4, -0.2) is 37.2 Å². The Hall–Kier alpha value is -4.37. The highest BCUT2D eigenvalue weighted by atomic mass is 19.1. The summed E-state index contributed by atoms with van der Waals surface area (Å²) in [6.45, 7) is -0.170. The number of aromatic amines is 1. The van der Waals surface area contributed by atoms with Crippen molar-refractivity contribution in [2.45, 2.75) is 12.5 Å². The third-order valence-corrected chi connectivity index (χ3v) is 5.61. The van der Waals surface area contributed by atoms with Gasteiger partial charge in [-0.1, -0.05) is 30.3 Å². The predicted octanol–water partition coefficient (Wildman–Crippen LogP) is 3.23. The molecule has 3 N–H and O–H groups in total. The fourth-order valence-corrected chi connectivity index (χ4v) is 3.87. The van der Waals surface area contributed by atoms with Crippen molar-refractivity contribution in [3.8, 4) is 11.3 Å². The molecule has 1 unspecified atom stereocenters. The third-order valence-electron chi connectivity index (χ3n) is 5.61. The lowest BCUT2D eigenvalue weighted by atomic mass is 10.0. The van der Waals surface area contributed by atoms with Crippen LogP contribution in [0.3, 0.4) is 0 Å². The number of rotatable bonds is 6. The minimum Gasteiger partial charge on any atom is -0.396 e. The maximum atomic E-state index is 13.3. The largest absolute Gasteiger partial charge is 0.396 e. The molecule has 3 aromatic heterocycles. The van der Waals surface area contributed by atoms with Crippen LogP contribution in [0.15, 0.2) is 77.9 Å². The number of hydrogen-bond acceptors (Lipinski definition) is 5. The number of amides is 1. The van der Waals surface area contributed by atoms with Gasteiger partial charge >= 0.3 is 0 Å². The fraction of sp³-hybridized carbons (Fsp3) is 0.120. The number of pyridine rings is 1. The van der Waals surface area contributed by atoms with Crippen molar-refractivity contribution in [2.75, 3.05) is 6.61 Å². The van der Waals surface area contributed by atoms with E-state index in [4.69, 9.17) is 0 Å². The first-order chi connectivity index (χ1) is 16.5. The topological polar surface area (TPSA) is 112 Å². The van der Waals surface area contributed by atoms with Crippen LogP contribution in [0.2, 0.25) is 0 Å². The number of nitrogens with zero attached hydrogens (tertiary/aromatic N) is 3. The van der Waals surface area contributed by atoms with Gasteiger partial charge in [-0.3, -0.25) is 14.6 Å². The number of fused-ring (bicyclic) bond motifs is 2. The number of nitrogens with one attached hydrogen (secondary N) is 2. The van der Waals surface area contributed by atoms with Gasteiger partial charge in [-0.25, -0.2) is 8.91 Å². The zero-order valence-corrected chi connectivity index (χ0v) is 17.9. The van der Waals surface area contributed by atoms with Crippen molar-refractivity contribution in [2.24, 2.45) is 0 Å². The number of hydrogen-bond donors (Lipinski definition) is 3. The normalized spacial score (nSPS) is 12.2. The second-order valence-corrected chi connectivity index (χ2v) is 7.86. The number of carbonyl (C=O) groups excluding carboxylic acids is 1. The summed E-state index contributed by atoms with van der Waals surface area (Å²) >= 11 is 0. The molecule has 34 heavy (non-hydrogen) atoms. The second-order valence-electron chi connectivity index (χ2n) is 7.86. The Labute approximate surface area is 192 Å². The van der Waals surface area contributed by atoms with Gasteiger partial charge in [0, 0.05) is 29.8 Å². The van der Waals surface area contributed by atoms with E-state index in [-0.39, 0.29) is 24.2 Å². The minimum absolute atomic E-state index is 0.0490. The molecule has 5 rings (SSSR count). The molecule has 3 heterocycles. The monoisotopic (exact) mass is 457 g/mol. The maximum Gasteiger partial charge on any atom is 0.274 e. The molecule has 5 aromatic rings. The van der Waals surface area contributed by atoms with Gasteiger partial charge in [-0.05, 0) is 36.2 Å². The molecule has 0 aliphatic heterocycles. The Morgan fingerprint density at radius 3 is 2.76 bits per heavy atom. The van der Waals surface area contributed by atoms with Crippen LogP contribution in [0.1, 0.15) is 28.5 Å². The summed E-state index contributed by atoms with van der Waals surface area (Å²) in [6, 6.07) is 16.0. The molecule has 0 spiro atoms. The Balaban J connectivity index is 1.46. The van der Waals surface area contributed by atoms with E-state index in [1.165, 1.54) is 22.7 Å². The molecule has 1 amide bonds. The lowest BCUT2D eigenvalue weighted by Crippen LogP contribution is -2.29. The van der Waals surface area contributed by atoms with E-state index in [2.05, 4.69) is 20.4 Å². The molecule has 0 bridgehead atoms. The summed E-state index contributed by atoms with van der Waals surface area (Å²) in [5.41, 5.74) is 2.60. The third kappa shape index (κ3) is 4.16. The summed E-state index contributed by atoms with van der Waals surface area (Å²) in [5.74, 6) is -0.905. The van der Waals surface area contributed by atoms with Gasteiger partial charge in [-0.2, -0.15) is 5.10 Å². The molecule has 0 aliphatic carbocycles. The molecule has 0 radical (unpaired) electrons. The van der Waals surface area contributed by atoms with Crippen molar-refractivity contribution in [1.29, 1.82) is 0 Å². The zero-order chi connectivity index (χ0) is 23.7. The Morgan fingerprint density at radius 1 is 1.15 bits per heavy atom. The number of aromatic nitrogens is 4. The van der Waals surface area contributed by atoms with Gasteiger partial charge in [0.15, 0.2) is 5.69 Å². The number of halogens is 1. The highest BCUT2D eigenvalue weighted by molar-refractivity contribution is 5.93. The van der Waals surface area contributed by atoms with Crippen molar-refractivity contribution in [1.82, 2.24) is 24.9 Å². The average molecular weight is 457 g/mol. The second kappa shape index (κ2) is 8.87. The van der Waals surface area contributed by atoms with Crippen LogP contribution >= 0.6 is 0 Å². The Bertz CT molecular complexity index is 1560. The molecule has 8 nitrogen and oxygen atoms in total. The molecule has 0 aliphatic rings. The van der Waals surface area contributed by atoms with Gasteiger partial charge in [-0.15, -0.1) is 0 Å². The average Bonchev–Trinajstić information content (AvgIpc) is 3.29. The standard InChI is InChI=1S/C25H20FN5O3/c26-18-7-5-16(6-8-18)19(9-11-32)28-24(33)21-13-23-25(34)29-22(14-31(23)30-21)17-4-3-15-2-1-10-27-20(15)12-17/h1-8,10,12-14,19,32H,9,11H2,(H,28,33)(H,29,34). The lowest BCUT2D eigenvalue weighted by Gasteiger charge is -2.17. The highest BCUT2D eigenvalue weighted by Gasteiger charge is 2.19. The summed E-state index contributed by atoms with van der Waals surface area (Å²) in [4.78, 5) is 32.8. The van der Waals surface area contributed by atoms with Crippen LogP contribution in [0.25, 0.3) is 27.7 Å². The van der Waals surface area contributed by atoms with Crippen LogP contribution in [0.5, 0.6) is 0 Å². The van der Waals surface area contributed by atoms with E-state index in [0.29, 0.717) is 11.3 Å². The van der Waals surface area contributed by atoms with Gasteiger partial charge in [0.2, 0.25) is 0 Å². The minimum atomic E-state index is -0.540. The molecule has 0 fully saturated rings. The van der Waals surface area contributed by atoms with Crippen LogP contribution in [0.4, 0.5) is 4.39 Å². The van der Waals surface area contributed by atoms with Crippen molar-refractivity contribution >= 4 is 22.3 Å². The molecule has 2 aromatic carbocycles. The van der Waals surface area contributed by atoms with Crippen LogP contribution in [0, 0.1) is 5.82 Å². The molecule has 1 atom stereocenters. The number of aliphatic hydroxyl groups is 1. The van der Waals surface area contributed by atoms with Gasteiger partial charge < -0.3 is 15.4 Å². The van der Waals surface area contributed by atoms with E-state index in [1.54, 1.807) is 24.5 Å². The number of benzene rings is 2. The SMILES string of the molecule is O=C(NC(CCO)c1ccc(F)cc1)c1cc2c(=O)[nH]c(-c3ccc4cccnc4c3)cn2n1. The quantitative estimate of drug-likeness (QED) is 0.362. The van der Waals surface area contributed by atoms with E-state index in [9.17, 15) is 19.1 Å². The Morgan fingerprint density at radius 2 is 1.97 bits per heavy atom. The first-order valence-electron chi connectivity index (χ1n) is 10.7. The molecule has 0 saturated carbocycles. The smallest absolute Gasteiger partial charge is 0.274 e. The van der Waals surface area contributed by atoms with Crippen LogP contribution < -0.4 is 10.9 Å². The van der Waals surface area contributed by atoms with E-state index in [1.807, 2.05) is 30.3 Å². The number of aliphatic hydroxyl groups excluding tert-OH is 1. The maximum absolute atomic E-state index is 13.3. The summed E-state index contributed by atoms with van der Waals surface area (Å²) in [7, 11) is 0. The molecular formula is C25H20FN5O3. The number of H-pyrrole nitrogens is 1. The summed E-state index contributed by atoms with van der Waals surface area (Å²) in [6.07, 6.45) is 3.58. The van der Waals surface area contributed by atoms with Gasteiger partial charge in [0.05, 0.1) is 23.4 Å². The number of carbonyl (C=O) groups is 1. The van der Waals surface area contributed by atoms with E-state index >= 15 is 0 Å². The summed E-state index contributed by atoms with van der Waals surface area (Å²) < 4.78 is 14.6. The predicted molar refractivity (Wildman–Crippen MR) is 125 cm³/mol. The first kappa shape index (κ1) is 21.5. The van der Waals surface area contributed by atoms with Crippen molar-refractivity contribution in [3.05, 3.63) is 100 Å². The van der Waals surface area contributed by atoms with Crippen molar-refractivity contribution < 1.29 is 14.3 Å². The highest BCUT2D eigenvalue weighted by Crippen LogP contribution is 2.22. The molecule has 170 valence electrons. The van der Waals surface area contributed by atoms with E-state index < -0.39 is 23.3 Å². The lowest BCUT2D eigenvalue weighted by molar-refractivity contribution is 0.0924. The van der Waals surface area contributed by atoms with E-state index in [0.717, 1.165) is 16.5 Å². The fourth-order valence-electron chi connectivity index (χ4n) is 3.87. The van der Waals surface area contributed by atoms with Crippen LogP contribution in [-0.2, 0) is 0 Å². The van der Waals surface area contributed by atoms with Gasteiger partial charge in [0.25, 0.3) is 11.5 Å². The summed E-state index contributed by atoms with van der Waals surface area (Å²) in [5, 5.41) is 17.5. The Kier molecular flexibility index (Phi) is 5.60. The van der Waals surface area contributed by atoms with Crippen molar-refractivity contribution in [3.63, 3.8) is 0 Å². The first-order valence-corrected chi connectivity index (χ1v) is 10.7. The zero-order valence-electron chi connectivity index (χ0n) is 17.9. The van der Waals surface area contributed by atoms with Gasteiger partial charge in [0.1, 0.15) is 11.3 Å².